The number of ether oxygens (including phenoxy) is 1. The Hall–Kier alpha value is -3.87. The zero-order valence-corrected chi connectivity index (χ0v) is 15.7. The van der Waals surface area contributed by atoms with Gasteiger partial charge in [0, 0.05) is 18.9 Å². The van der Waals surface area contributed by atoms with Crippen LogP contribution in [0, 0.1) is 0 Å². The molecule has 0 aliphatic carbocycles. The quantitative estimate of drug-likeness (QED) is 0.620. The first-order valence-corrected chi connectivity index (χ1v) is 8.87. The molecule has 3 aromatic rings. The molecule has 0 atom stereocenters. The van der Waals surface area contributed by atoms with Gasteiger partial charge in [-0.1, -0.05) is 60.7 Å². The van der Waals surface area contributed by atoms with Gasteiger partial charge < -0.3 is 14.7 Å². The Balaban J connectivity index is 2.06. The topological polar surface area (TPSA) is 94.8 Å². The van der Waals surface area contributed by atoms with Crippen molar-refractivity contribution in [2.24, 2.45) is 0 Å². The van der Waals surface area contributed by atoms with Crippen molar-refractivity contribution in [1.82, 2.24) is 4.73 Å². The maximum atomic E-state index is 13.0. The molecule has 0 bridgehead atoms. The van der Waals surface area contributed by atoms with Crippen LogP contribution in [0.5, 0.6) is 5.75 Å². The van der Waals surface area contributed by atoms with Crippen molar-refractivity contribution in [3.05, 3.63) is 99.5 Å². The smallest absolute Gasteiger partial charge is 0.356 e. The first kappa shape index (κ1) is 19.9. The van der Waals surface area contributed by atoms with Gasteiger partial charge in [-0.25, -0.2) is 4.79 Å². The van der Waals surface area contributed by atoms with E-state index in [1.54, 1.807) is 24.3 Å². The van der Waals surface area contributed by atoms with E-state index < -0.39 is 17.5 Å². The molecule has 29 heavy (non-hydrogen) atoms. The highest BCUT2D eigenvalue weighted by Crippen LogP contribution is 2.20. The van der Waals surface area contributed by atoms with Gasteiger partial charge in [0.05, 0.1) is 0 Å². The predicted molar refractivity (Wildman–Crippen MR) is 105 cm³/mol. The average Bonchev–Trinajstić information content (AvgIpc) is 2.71. The molecule has 0 amide bonds. The normalized spacial score (nSPS) is 10.4. The van der Waals surface area contributed by atoms with Gasteiger partial charge in [0.1, 0.15) is 6.61 Å². The summed E-state index contributed by atoms with van der Waals surface area (Å²) in [4.78, 5) is 41.8. The number of esters is 1. The number of aromatic carboxylic acids is 1. The molecule has 0 radical (unpaired) electrons. The van der Waals surface area contributed by atoms with E-state index in [2.05, 4.69) is 0 Å². The minimum Gasteiger partial charge on any atom is -0.476 e. The lowest BCUT2D eigenvalue weighted by molar-refractivity contribution is -0.132. The molecule has 0 fully saturated rings. The summed E-state index contributed by atoms with van der Waals surface area (Å²) in [7, 11) is 0. The van der Waals surface area contributed by atoms with Crippen LogP contribution in [0.25, 0.3) is 0 Å². The second-order valence-electron chi connectivity index (χ2n) is 6.30. The Bertz CT molecular complexity index is 1070. The Morgan fingerprint density at radius 2 is 1.55 bits per heavy atom. The molecule has 2 aromatic carbocycles. The van der Waals surface area contributed by atoms with E-state index >= 15 is 0 Å². The van der Waals surface area contributed by atoms with Crippen LogP contribution in [-0.4, -0.2) is 21.8 Å². The Morgan fingerprint density at radius 3 is 2.10 bits per heavy atom. The number of carboxylic acid groups (broad SMARTS) is 1. The summed E-state index contributed by atoms with van der Waals surface area (Å²) in [5.41, 5.74) is 0.667. The van der Waals surface area contributed by atoms with Crippen molar-refractivity contribution in [3.63, 3.8) is 0 Å². The lowest BCUT2D eigenvalue weighted by Crippen LogP contribution is -2.34. The lowest BCUT2D eigenvalue weighted by atomic mass is 10.0. The monoisotopic (exact) mass is 393 g/mol. The zero-order chi connectivity index (χ0) is 20.8. The van der Waals surface area contributed by atoms with Gasteiger partial charge in [0.25, 0.3) is 0 Å². The van der Waals surface area contributed by atoms with Gasteiger partial charge in [0.2, 0.25) is 5.75 Å². The molecule has 3 rings (SSSR count). The summed E-state index contributed by atoms with van der Waals surface area (Å²) >= 11 is 0. The lowest BCUT2D eigenvalue weighted by Gasteiger charge is -2.16. The van der Waals surface area contributed by atoms with Crippen LogP contribution >= 0.6 is 0 Å². The number of rotatable bonds is 7. The fourth-order valence-corrected chi connectivity index (χ4v) is 2.82. The van der Waals surface area contributed by atoms with Crippen LogP contribution < -0.4 is 15.1 Å². The fourth-order valence-electron chi connectivity index (χ4n) is 2.82. The third-order valence-electron chi connectivity index (χ3n) is 4.11. The molecule has 1 aromatic heterocycles. The summed E-state index contributed by atoms with van der Waals surface area (Å²) in [6.07, 6.45) is 0.221. The van der Waals surface area contributed by atoms with Gasteiger partial charge in [-0.2, -0.15) is 0 Å². The van der Waals surface area contributed by atoms with Crippen LogP contribution in [0.15, 0.2) is 71.5 Å². The molecular weight excluding hydrogens is 374 g/mol. The molecule has 1 heterocycles. The molecule has 7 heteroatoms. The first-order chi connectivity index (χ1) is 14.0. The number of carbonyl (C=O) groups is 2. The zero-order valence-electron chi connectivity index (χ0n) is 15.7. The van der Waals surface area contributed by atoms with Crippen LogP contribution in [0.4, 0.5) is 0 Å². The van der Waals surface area contributed by atoms with Gasteiger partial charge in [0.15, 0.2) is 5.69 Å². The van der Waals surface area contributed by atoms with Crippen molar-refractivity contribution in [1.29, 1.82) is 0 Å². The number of carbonyl (C=O) groups excluding carboxylic acids is 1. The SMILES string of the molecule is CC(=O)Oc1c(Cc2ccccc2)cc(C(=O)O)n(OCc2ccccc2)c1=O. The van der Waals surface area contributed by atoms with E-state index in [0.29, 0.717) is 4.73 Å². The Kier molecular flexibility index (Phi) is 6.09. The summed E-state index contributed by atoms with van der Waals surface area (Å²) in [5, 5.41) is 9.60. The van der Waals surface area contributed by atoms with Gasteiger partial charge in [-0.15, -0.1) is 4.73 Å². The predicted octanol–water partition coefficient (Wildman–Crippen LogP) is 2.69. The molecule has 0 saturated heterocycles. The molecule has 0 aliphatic heterocycles. The van der Waals surface area contributed by atoms with Gasteiger partial charge in [-0.3, -0.25) is 9.59 Å². The van der Waals surface area contributed by atoms with Gasteiger partial charge >= 0.3 is 17.5 Å². The minimum absolute atomic E-state index is 0.0292. The van der Waals surface area contributed by atoms with E-state index in [0.717, 1.165) is 11.1 Å². The Labute approximate surface area is 166 Å². The largest absolute Gasteiger partial charge is 0.476 e. The molecule has 0 spiro atoms. The summed E-state index contributed by atoms with van der Waals surface area (Å²) in [6.45, 7) is 1.14. The highest BCUT2D eigenvalue weighted by molar-refractivity contribution is 5.86. The molecule has 0 saturated carbocycles. The van der Waals surface area contributed by atoms with Crippen LogP contribution in [0.2, 0.25) is 0 Å². The van der Waals surface area contributed by atoms with Crippen LogP contribution in [0.3, 0.4) is 0 Å². The second kappa shape index (κ2) is 8.88. The van der Waals surface area contributed by atoms with E-state index in [4.69, 9.17) is 9.57 Å². The van der Waals surface area contributed by atoms with Gasteiger partial charge in [-0.05, 0) is 17.2 Å². The maximum Gasteiger partial charge on any atom is 0.356 e. The molecule has 0 aliphatic rings. The van der Waals surface area contributed by atoms with Crippen molar-refractivity contribution >= 4 is 11.9 Å². The number of aromatic nitrogens is 1. The standard InChI is InChI=1S/C22H19NO6/c1-15(24)29-20-18(12-16-8-4-2-5-9-16)13-19(22(26)27)23(21(20)25)28-14-17-10-6-3-7-11-17/h2-11,13H,12,14H2,1H3,(H,26,27). The minimum atomic E-state index is -1.33. The first-order valence-electron chi connectivity index (χ1n) is 8.87. The van der Waals surface area contributed by atoms with E-state index in [1.165, 1.54) is 13.0 Å². The molecule has 1 N–H and O–H groups in total. The maximum absolute atomic E-state index is 13.0. The number of pyridine rings is 1. The third-order valence-corrected chi connectivity index (χ3v) is 4.11. The summed E-state index contributed by atoms with van der Waals surface area (Å²) < 4.78 is 5.79. The average molecular weight is 393 g/mol. The number of benzene rings is 2. The summed E-state index contributed by atoms with van der Waals surface area (Å²) in [6, 6.07) is 19.4. The van der Waals surface area contributed by atoms with Crippen LogP contribution in [-0.2, 0) is 17.8 Å². The Morgan fingerprint density at radius 1 is 0.966 bits per heavy atom. The molecule has 148 valence electrons. The van der Waals surface area contributed by atoms with Crippen molar-refractivity contribution in [3.8, 4) is 5.75 Å². The third kappa shape index (κ3) is 4.90. The summed E-state index contributed by atoms with van der Waals surface area (Å²) in [5.74, 6) is -2.27. The van der Waals surface area contributed by atoms with Crippen LogP contribution in [0.1, 0.15) is 34.1 Å². The highest BCUT2D eigenvalue weighted by Gasteiger charge is 2.22. The molecule has 7 nitrogen and oxygen atoms in total. The fraction of sp³-hybridized carbons (Fsp3) is 0.136. The molecule has 0 unspecified atom stereocenters. The van der Waals surface area contributed by atoms with Crippen molar-refractivity contribution in [2.75, 3.05) is 0 Å². The number of carboxylic acids is 1. The number of hydrogen-bond donors (Lipinski definition) is 1. The van der Waals surface area contributed by atoms with Crippen molar-refractivity contribution in [2.45, 2.75) is 20.0 Å². The second-order valence-corrected chi connectivity index (χ2v) is 6.30. The number of nitrogens with zero attached hydrogens (tertiary/aromatic N) is 1. The van der Waals surface area contributed by atoms with E-state index in [-0.39, 0.29) is 30.0 Å². The van der Waals surface area contributed by atoms with E-state index in [9.17, 15) is 19.5 Å². The highest BCUT2D eigenvalue weighted by atomic mass is 16.7. The molecular formula is C22H19NO6. The van der Waals surface area contributed by atoms with Crippen molar-refractivity contribution < 1.29 is 24.3 Å². The van der Waals surface area contributed by atoms with E-state index in [1.807, 2.05) is 36.4 Å². The number of hydrogen-bond acceptors (Lipinski definition) is 5.